The van der Waals surface area contributed by atoms with Crippen LogP contribution in [-0.2, 0) is 57.3 Å². The third kappa shape index (κ3) is 15.7. The van der Waals surface area contributed by atoms with Gasteiger partial charge in [-0.25, -0.2) is 8.78 Å². The van der Waals surface area contributed by atoms with Gasteiger partial charge >= 0.3 is 11.9 Å². The fourth-order valence-corrected chi connectivity index (χ4v) is 10.4. The first kappa shape index (κ1) is 60.0. The minimum atomic E-state index is -1.18. The van der Waals surface area contributed by atoms with Crippen molar-refractivity contribution in [2.24, 2.45) is 0 Å². The second kappa shape index (κ2) is 24.2. The monoisotopic (exact) mass is 1060 g/mol. The van der Waals surface area contributed by atoms with E-state index in [0.717, 1.165) is 67.3 Å². The van der Waals surface area contributed by atoms with E-state index in [1.807, 2.05) is 88.3 Å². The summed E-state index contributed by atoms with van der Waals surface area (Å²) in [5.41, 5.74) is 8.13. The molecular formula is C61H78F2N4O10. The lowest BCUT2D eigenvalue weighted by Crippen LogP contribution is -2.45. The lowest BCUT2D eigenvalue weighted by Gasteiger charge is -2.40. The van der Waals surface area contributed by atoms with Crippen LogP contribution in [0.15, 0.2) is 60.7 Å². The van der Waals surface area contributed by atoms with Crippen LogP contribution < -0.4 is 10.6 Å². The van der Waals surface area contributed by atoms with Crippen LogP contribution in [0.4, 0.5) is 8.78 Å². The molecule has 1 saturated heterocycles. The van der Waals surface area contributed by atoms with Crippen LogP contribution in [0.3, 0.4) is 0 Å². The number of aliphatic hydroxyl groups excluding tert-OH is 2. The number of hydrogen-bond donors (Lipinski definition) is 5. The SMILES string of the molecule is CC(C)c1nc2c(c(-c3ccc(F)cc3)c1/C=C/[C@@H](O)C[C@@H](O)CC(=O)O)CCC(=O)NC2(C)C.CC(C)c1nc2c(c(-c3ccc(F)cc3)c1/C=C/[C@@H]1C[C@H](CC(=O)OC(C)(C)C)OC(C)(C)O1)CCC(=O)NC2(C)C. The van der Waals surface area contributed by atoms with Crippen LogP contribution in [0.2, 0.25) is 0 Å². The number of rotatable bonds is 14. The fraction of sp³-hybridized carbons (Fsp3) is 0.508. The Balaban J connectivity index is 0.000000254. The smallest absolute Gasteiger partial charge is 0.308 e. The molecule has 5 heterocycles. The molecule has 7 rings (SSSR count). The summed E-state index contributed by atoms with van der Waals surface area (Å²) in [5, 5.41) is 35.4. The van der Waals surface area contributed by atoms with Gasteiger partial charge < -0.3 is 40.2 Å². The summed E-state index contributed by atoms with van der Waals surface area (Å²) in [7, 11) is 0. The first-order chi connectivity index (χ1) is 35.8. The quantitative estimate of drug-likeness (QED) is 0.0748. The third-order valence-electron chi connectivity index (χ3n) is 13.5. The summed E-state index contributed by atoms with van der Waals surface area (Å²) in [6, 6.07) is 12.6. The molecule has 2 amide bonds. The molecule has 0 bridgehead atoms. The molecule has 4 aromatic rings. The van der Waals surface area contributed by atoms with Crippen LogP contribution >= 0.6 is 0 Å². The van der Waals surface area contributed by atoms with Gasteiger partial charge in [-0.1, -0.05) is 76.3 Å². The van der Waals surface area contributed by atoms with Gasteiger partial charge in [0.2, 0.25) is 11.8 Å². The number of esters is 1. The maximum atomic E-state index is 14.0. The zero-order valence-corrected chi connectivity index (χ0v) is 46.9. The average Bonchev–Trinajstić information content (AvgIpc) is 3.53. The molecule has 3 aliphatic heterocycles. The lowest BCUT2D eigenvalue weighted by atomic mass is 9.84. The van der Waals surface area contributed by atoms with E-state index >= 15 is 0 Å². The van der Waals surface area contributed by atoms with E-state index < -0.39 is 47.1 Å². The summed E-state index contributed by atoms with van der Waals surface area (Å²) in [5.74, 6) is -3.09. The molecule has 0 spiro atoms. The average molecular weight is 1070 g/mol. The largest absolute Gasteiger partial charge is 0.481 e. The zero-order valence-electron chi connectivity index (χ0n) is 46.9. The number of carboxylic acid groups (broad SMARTS) is 1. The van der Waals surface area contributed by atoms with Crippen molar-refractivity contribution in [1.82, 2.24) is 20.6 Å². The molecule has 2 aromatic heterocycles. The van der Waals surface area contributed by atoms with Crippen LogP contribution in [-0.4, -0.2) is 84.8 Å². The molecule has 16 heteroatoms. The van der Waals surface area contributed by atoms with Gasteiger partial charge in [0.15, 0.2) is 5.79 Å². The summed E-state index contributed by atoms with van der Waals surface area (Å²) < 4.78 is 45.7. The van der Waals surface area contributed by atoms with E-state index in [1.54, 1.807) is 30.3 Å². The molecule has 0 unspecified atom stereocenters. The highest BCUT2D eigenvalue weighted by molar-refractivity contribution is 5.85. The third-order valence-corrected chi connectivity index (χ3v) is 13.5. The standard InChI is InChI=1S/C34H45FN2O5.C27H33FN2O5/c1-20(2)30-25(15-14-23-18-24(41-34(8,9)40-23)19-28(39)42-32(3,4)5)29(21-10-12-22(35)13-11-21)26-16-17-27(38)37-33(6,7)31(26)36-30;1-15(2)25-20(10-9-18(31)13-19(32)14-23(34)35)24(16-5-7-17(28)8-6-16)21-11-12-22(33)30-27(3,4)26(21)29-25/h10-15,20,23-24H,16-19H2,1-9H3,(H,37,38);5-10,15,18-19,31-32H,11-14H2,1-4H3,(H,30,33)(H,34,35)/b15-14+;10-9+/t23-,24-;18-,19-/m11/s1. The van der Waals surface area contributed by atoms with Crippen molar-refractivity contribution in [3.05, 3.63) is 117 Å². The number of benzene rings is 2. The molecule has 14 nitrogen and oxygen atoms in total. The van der Waals surface area contributed by atoms with Gasteiger partial charge in [0, 0.05) is 36.8 Å². The Hall–Kier alpha value is -6.20. The number of aliphatic hydroxyl groups is 2. The molecule has 77 heavy (non-hydrogen) atoms. The highest BCUT2D eigenvalue weighted by Gasteiger charge is 2.39. The normalized spacial score (nSPS) is 19.8. The Morgan fingerprint density at radius 3 is 1.62 bits per heavy atom. The summed E-state index contributed by atoms with van der Waals surface area (Å²) >= 11 is 0. The summed E-state index contributed by atoms with van der Waals surface area (Å²) in [4.78, 5) is 58.7. The molecule has 416 valence electrons. The van der Waals surface area contributed by atoms with E-state index in [0.29, 0.717) is 25.7 Å². The predicted octanol–water partition coefficient (Wildman–Crippen LogP) is 10.9. The van der Waals surface area contributed by atoms with Gasteiger partial charge in [-0.2, -0.15) is 0 Å². The Kier molecular flexibility index (Phi) is 18.9. The van der Waals surface area contributed by atoms with Gasteiger partial charge in [-0.15, -0.1) is 0 Å². The van der Waals surface area contributed by atoms with Crippen LogP contribution in [0.5, 0.6) is 0 Å². The summed E-state index contributed by atoms with van der Waals surface area (Å²) in [6.45, 7) is 25.1. The number of ether oxygens (including phenoxy) is 3. The second-order valence-electron chi connectivity index (χ2n) is 23.5. The van der Waals surface area contributed by atoms with Crippen LogP contribution in [0.1, 0.15) is 185 Å². The van der Waals surface area contributed by atoms with Crippen molar-refractivity contribution < 1.29 is 57.5 Å². The van der Waals surface area contributed by atoms with Crippen LogP contribution in [0.25, 0.3) is 34.4 Å². The maximum Gasteiger partial charge on any atom is 0.308 e. The lowest BCUT2D eigenvalue weighted by molar-refractivity contribution is -0.290. The van der Waals surface area contributed by atoms with Crippen molar-refractivity contribution in [1.29, 1.82) is 0 Å². The molecule has 3 aliphatic rings. The van der Waals surface area contributed by atoms with Crippen molar-refractivity contribution in [3.8, 4) is 22.3 Å². The number of amides is 2. The number of aliphatic carboxylic acids is 1. The zero-order chi connectivity index (χ0) is 56.9. The number of fused-ring (bicyclic) bond motifs is 2. The first-order valence-electron chi connectivity index (χ1n) is 26.6. The Labute approximate surface area is 452 Å². The number of halogens is 2. The molecule has 5 N–H and O–H groups in total. The highest BCUT2D eigenvalue weighted by atomic mass is 19.1. The Bertz CT molecular complexity index is 2870. The molecule has 0 radical (unpaired) electrons. The fourth-order valence-electron chi connectivity index (χ4n) is 10.4. The van der Waals surface area contributed by atoms with Gasteiger partial charge in [-0.05, 0) is 145 Å². The van der Waals surface area contributed by atoms with Crippen molar-refractivity contribution in [2.45, 2.75) is 200 Å². The number of carbonyl (C=O) groups is 4. The molecule has 4 atom stereocenters. The number of hydrogen-bond acceptors (Lipinski definition) is 11. The number of nitrogens with one attached hydrogen (secondary N) is 2. The molecule has 0 saturated carbocycles. The molecule has 1 fully saturated rings. The number of nitrogens with zero attached hydrogens (tertiary/aromatic N) is 2. The van der Waals surface area contributed by atoms with E-state index in [1.165, 1.54) is 30.3 Å². The van der Waals surface area contributed by atoms with E-state index in [-0.39, 0.29) is 72.7 Å². The number of pyridine rings is 2. The van der Waals surface area contributed by atoms with E-state index in [9.17, 15) is 38.2 Å². The van der Waals surface area contributed by atoms with Gasteiger partial charge in [0.1, 0.15) is 17.2 Å². The first-order valence-corrected chi connectivity index (χ1v) is 26.6. The Morgan fingerprint density at radius 2 is 1.19 bits per heavy atom. The number of carboxylic acids is 1. The number of carbonyl (C=O) groups excluding carboxylic acids is 3. The van der Waals surface area contributed by atoms with Gasteiger partial charge in [0.05, 0.1) is 71.1 Å². The van der Waals surface area contributed by atoms with E-state index in [4.69, 9.17) is 29.3 Å². The van der Waals surface area contributed by atoms with E-state index in [2.05, 4.69) is 24.5 Å². The minimum absolute atomic E-state index is 0.0105. The van der Waals surface area contributed by atoms with Gasteiger partial charge in [0.25, 0.3) is 0 Å². The van der Waals surface area contributed by atoms with Crippen LogP contribution in [0, 0.1) is 11.6 Å². The second-order valence-corrected chi connectivity index (χ2v) is 23.5. The van der Waals surface area contributed by atoms with Crippen molar-refractivity contribution >= 4 is 35.9 Å². The van der Waals surface area contributed by atoms with Gasteiger partial charge in [-0.3, -0.25) is 29.1 Å². The topological polar surface area (TPSA) is 206 Å². The molecular weight excluding hydrogens is 987 g/mol. The molecule has 2 aromatic carbocycles. The summed E-state index contributed by atoms with van der Waals surface area (Å²) in [6.07, 6.45) is 5.90. The Morgan fingerprint density at radius 1 is 0.740 bits per heavy atom. The number of aromatic nitrogens is 2. The minimum Gasteiger partial charge on any atom is -0.481 e. The molecule has 0 aliphatic carbocycles. The van der Waals surface area contributed by atoms with Crippen molar-refractivity contribution in [2.75, 3.05) is 0 Å². The van der Waals surface area contributed by atoms with Crippen molar-refractivity contribution in [3.63, 3.8) is 0 Å². The maximum absolute atomic E-state index is 14.0. The highest BCUT2D eigenvalue weighted by Crippen LogP contribution is 2.43. The predicted molar refractivity (Wildman–Crippen MR) is 292 cm³/mol.